The maximum Gasteiger partial charge on any atom is 0.319 e. The Morgan fingerprint density at radius 1 is 1.05 bits per heavy atom. The van der Waals surface area contributed by atoms with Crippen molar-refractivity contribution >= 4 is 57.4 Å². The minimum absolute atomic E-state index is 0.109. The standard InChI is InChI=1S/C31H36N6O3S3/c1-19(2)34-30(41)36-22-12-10-20(11-13-22)28-32-18-26(42-28)24-15-14-23(16-27(24)43(40)37-31(3,4)5)35-29(39)33-17-21-8-6-7-9-25(21)38/h6-16,18-19,37-38H,17H2,1-5H3,(H2,33,35,39)(H2,34,36,41). The Hall–Kier alpha value is -3.68. The first kappa shape index (κ1) is 32.2. The molecule has 6 N–H and O–H groups in total. The van der Waals surface area contributed by atoms with E-state index in [2.05, 4.69) is 31.0 Å². The fourth-order valence-electron chi connectivity index (χ4n) is 3.96. The van der Waals surface area contributed by atoms with Crippen molar-refractivity contribution in [2.75, 3.05) is 10.6 Å². The van der Waals surface area contributed by atoms with Crippen LogP contribution in [0.4, 0.5) is 16.2 Å². The smallest absolute Gasteiger partial charge is 0.319 e. The summed E-state index contributed by atoms with van der Waals surface area (Å²) in [4.78, 5) is 18.6. The SMILES string of the molecule is CC(C)NC(=S)Nc1ccc(-c2ncc(-c3ccc(NC(=O)NCc4ccccc4O)cc3[S+]([O-])NC(C)(C)C)s2)cc1. The van der Waals surface area contributed by atoms with E-state index in [1.54, 1.807) is 42.6 Å². The van der Waals surface area contributed by atoms with Crippen LogP contribution in [0.2, 0.25) is 0 Å². The number of anilines is 2. The molecule has 2 amide bonds. The average Bonchev–Trinajstić information content (AvgIpc) is 3.42. The van der Waals surface area contributed by atoms with Gasteiger partial charge < -0.3 is 30.9 Å². The van der Waals surface area contributed by atoms with Crippen LogP contribution in [0.25, 0.3) is 21.0 Å². The first-order valence-corrected chi connectivity index (χ1v) is 16.0. The van der Waals surface area contributed by atoms with Crippen LogP contribution in [-0.4, -0.2) is 37.4 Å². The molecule has 226 valence electrons. The van der Waals surface area contributed by atoms with Crippen molar-refractivity contribution in [1.82, 2.24) is 20.3 Å². The van der Waals surface area contributed by atoms with Crippen LogP contribution < -0.4 is 26.0 Å². The fourth-order valence-corrected chi connectivity index (χ4v) is 6.62. The summed E-state index contributed by atoms with van der Waals surface area (Å²) in [6.07, 6.45) is 1.77. The summed E-state index contributed by atoms with van der Waals surface area (Å²) in [6.45, 7) is 10.0. The number of phenols is 1. The molecule has 1 atom stereocenters. The Labute approximate surface area is 264 Å². The number of thiazole rings is 1. The highest BCUT2D eigenvalue weighted by molar-refractivity contribution is 7.89. The predicted molar refractivity (Wildman–Crippen MR) is 181 cm³/mol. The average molecular weight is 637 g/mol. The van der Waals surface area contributed by atoms with E-state index in [0.29, 0.717) is 21.3 Å². The monoisotopic (exact) mass is 636 g/mol. The van der Waals surface area contributed by atoms with Gasteiger partial charge in [0.2, 0.25) is 0 Å². The molecule has 0 fully saturated rings. The zero-order valence-corrected chi connectivity index (χ0v) is 27.1. The third-order valence-corrected chi connectivity index (χ3v) is 8.68. The molecule has 0 spiro atoms. The van der Waals surface area contributed by atoms with Crippen molar-refractivity contribution in [1.29, 1.82) is 0 Å². The van der Waals surface area contributed by atoms with E-state index in [-0.39, 0.29) is 18.3 Å². The first-order chi connectivity index (χ1) is 20.4. The van der Waals surface area contributed by atoms with Gasteiger partial charge in [0.15, 0.2) is 10.0 Å². The van der Waals surface area contributed by atoms with Crippen molar-refractivity contribution in [2.24, 2.45) is 0 Å². The number of carbonyl (C=O) groups is 1. The third kappa shape index (κ3) is 9.40. The number of benzene rings is 3. The molecular formula is C31H36N6O3S3. The number of rotatable bonds is 9. The number of amides is 2. The van der Waals surface area contributed by atoms with Crippen LogP contribution >= 0.6 is 23.6 Å². The van der Waals surface area contributed by atoms with Gasteiger partial charge in [-0.05, 0) is 89.3 Å². The number of hydrogen-bond acceptors (Lipinski definition) is 7. The van der Waals surface area contributed by atoms with Gasteiger partial charge in [0.05, 0.1) is 27.3 Å². The summed E-state index contributed by atoms with van der Waals surface area (Å²) in [5.74, 6) is 0.109. The maximum atomic E-state index is 13.5. The highest BCUT2D eigenvalue weighted by atomic mass is 32.2. The number of para-hydroxylation sites is 1. The number of hydrogen-bond donors (Lipinski definition) is 6. The van der Waals surface area contributed by atoms with Crippen molar-refractivity contribution < 1.29 is 14.5 Å². The molecule has 3 aromatic carbocycles. The highest BCUT2D eigenvalue weighted by Gasteiger charge is 2.26. The Morgan fingerprint density at radius 2 is 1.74 bits per heavy atom. The number of urea groups is 1. The van der Waals surface area contributed by atoms with Crippen LogP contribution in [0.3, 0.4) is 0 Å². The lowest BCUT2D eigenvalue weighted by atomic mass is 10.1. The molecule has 0 aliphatic carbocycles. The van der Waals surface area contributed by atoms with Gasteiger partial charge in [0.25, 0.3) is 0 Å². The summed E-state index contributed by atoms with van der Waals surface area (Å²) in [6, 6.07) is 19.8. The van der Waals surface area contributed by atoms with Gasteiger partial charge in [-0.1, -0.05) is 18.2 Å². The Morgan fingerprint density at radius 3 is 2.42 bits per heavy atom. The predicted octanol–water partition coefficient (Wildman–Crippen LogP) is 6.61. The second-order valence-corrected chi connectivity index (χ2v) is 13.7. The summed E-state index contributed by atoms with van der Waals surface area (Å²) in [5.41, 5.74) is 3.24. The van der Waals surface area contributed by atoms with E-state index in [4.69, 9.17) is 12.2 Å². The second kappa shape index (κ2) is 14.2. The summed E-state index contributed by atoms with van der Waals surface area (Å²) in [5, 5.41) is 23.2. The van der Waals surface area contributed by atoms with E-state index in [9.17, 15) is 14.5 Å². The number of aromatic nitrogens is 1. The van der Waals surface area contributed by atoms with Gasteiger partial charge >= 0.3 is 6.03 Å². The largest absolute Gasteiger partial charge is 0.593 e. The van der Waals surface area contributed by atoms with Gasteiger partial charge in [0.1, 0.15) is 10.8 Å². The molecule has 0 aliphatic heterocycles. The molecule has 0 aliphatic rings. The second-order valence-electron chi connectivity index (χ2n) is 11.1. The summed E-state index contributed by atoms with van der Waals surface area (Å²) < 4.78 is 16.6. The fraction of sp³-hybridized carbons (Fsp3) is 0.258. The number of nitrogens with zero attached hydrogens (tertiary/aromatic N) is 1. The van der Waals surface area contributed by atoms with Crippen molar-refractivity contribution in [3.05, 3.63) is 78.5 Å². The normalized spacial score (nSPS) is 12.1. The van der Waals surface area contributed by atoms with E-state index in [1.165, 1.54) is 11.3 Å². The summed E-state index contributed by atoms with van der Waals surface area (Å²) >= 11 is 5.24. The first-order valence-electron chi connectivity index (χ1n) is 13.7. The van der Waals surface area contributed by atoms with Crippen LogP contribution in [0, 0.1) is 0 Å². The molecule has 0 bridgehead atoms. The molecule has 1 heterocycles. The summed E-state index contributed by atoms with van der Waals surface area (Å²) in [7, 11) is 0. The van der Waals surface area contributed by atoms with E-state index < -0.39 is 22.9 Å². The van der Waals surface area contributed by atoms with Crippen molar-refractivity contribution in [2.45, 2.75) is 57.6 Å². The minimum atomic E-state index is -1.58. The van der Waals surface area contributed by atoms with Gasteiger partial charge in [0, 0.05) is 47.4 Å². The Kier molecular flexibility index (Phi) is 10.6. The van der Waals surface area contributed by atoms with Crippen LogP contribution in [0.1, 0.15) is 40.2 Å². The lowest BCUT2D eigenvalue weighted by Gasteiger charge is -2.23. The van der Waals surface area contributed by atoms with Gasteiger partial charge in [-0.25, -0.2) is 9.78 Å². The molecule has 0 radical (unpaired) electrons. The zero-order chi connectivity index (χ0) is 31.1. The van der Waals surface area contributed by atoms with E-state index in [1.807, 2.05) is 65.0 Å². The topological polar surface area (TPSA) is 133 Å². The Balaban J connectivity index is 1.53. The number of nitrogens with one attached hydrogen (secondary N) is 5. The van der Waals surface area contributed by atoms with Crippen molar-refractivity contribution in [3.8, 4) is 26.8 Å². The molecule has 0 saturated carbocycles. The molecule has 4 aromatic rings. The lowest BCUT2D eigenvalue weighted by Crippen LogP contribution is -2.40. The number of aromatic hydroxyl groups is 1. The lowest BCUT2D eigenvalue weighted by molar-refractivity contribution is 0.251. The molecule has 1 unspecified atom stereocenters. The minimum Gasteiger partial charge on any atom is -0.593 e. The molecule has 1 aromatic heterocycles. The highest BCUT2D eigenvalue weighted by Crippen LogP contribution is 2.37. The van der Waals surface area contributed by atoms with E-state index in [0.717, 1.165) is 26.7 Å². The molecule has 9 nitrogen and oxygen atoms in total. The quantitative estimate of drug-likeness (QED) is 0.0893. The molecule has 12 heteroatoms. The van der Waals surface area contributed by atoms with Gasteiger partial charge in [-0.15, -0.1) is 16.1 Å². The molecule has 0 saturated heterocycles. The number of phenolic OH excluding ortho intramolecular Hbond substituents is 1. The van der Waals surface area contributed by atoms with Crippen LogP contribution in [-0.2, 0) is 17.9 Å². The molecular weight excluding hydrogens is 601 g/mol. The van der Waals surface area contributed by atoms with Gasteiger partial charge in [-0.2, -0.15) is 0 Å². The van der Waals surface area contributed by atoms with Crippen LogP contribution in [0.15, 0.2) is 77.8 Å². The van der Waals surface area contributed by atoms with Crippen molar-refractivity contribution in [3.63, 3.8) is 0 Å². The maximum absolute atomic E-state index is 13.5. The number of thiocarbonyl (C=S) groups is 1. The Bertz CT molecular complexity index is 1570. The zero-order valence-electron chi connectivity index (χ0n) is 24.6. The molecule has 4 rings (SSSR count). The third-order valence-electron chi connectivity index (χ3n) is 5.85. The van der Waals surface area contributed by atoms with Gasteiger partial charge in [-0.3, -0.25) is 0 Å². The molecule has 43 heavy (non-hydrogen) atoms. The van der Waals surface area contributed by atoms with Crippen LogP contribution in [0.5, 0.6) is 5.75 Å². The van der Waals surface area contributed by atoms with E-state index >= 15 is 0 Å². The number of carbonyl (C=O) groups excluding carboxylic acids is 1.